The molecule has 0 unspecified atom stereocenters. The van der Waals surface area contributed by atoms with E-state index in [0.29, 0.717) is 0 Å². The first-order valence-electron chi connectivity index (χ1n) is 15.4. The molecule has 0 atom stereocenters. The molecule has 0 aliphatic carbocycles. The average molecular weight is 576 g/mol. The number of benzene rings is 7. The molecule has 0 spiro atoms. The summed E-state index contributed by atoms with van der Waals surface area (Å²) >= 11 is 0. The van der Waals surface area contributed by atoms with Crippen molar-refractivity contribution in [3.8, 4) is 11.4 Å². The van der Waals surface area contributed by atoms with Crippen LogP contribution in [0.5, 0.6) is 0 Å². The van der Waals surface area contributed by atoms with Crippen LogP contribution in [0, 0.1) is 0 Å². The molecule has 0 saturated carbocycles. The molecule has 0 bridgehead atoms. The van der Waals surface area contributed by atoms with Gasteiger partial charge in [-0.2, -0.15) is 0 Å². The Kier molecular flexibility index (Phi) is 5.82. The van der Waals surface area contributed by atoms with Gasteiger partial charge >= 0.3 is 0 Å². The summed E-state index contributed by atoms with van der Waals surface area (Å²) in [7, 11) is 0. The van der Waals surface area contributed by atoms with Crippen molar-refractivity contribution in [2.45, 2.75) is 0 Å². The molecular weight excluding hydrogens is 546 g/mol. The minimum absolute atomic E-state index is 1.12. The van der Waals surface area contributed by atoms with Crippen LogP contribution >= 0.6 is 0 Å². The smallest absolute Gasteiger partial charge is 0.0547 e. The van der Waals surface area contributed by atoms with Gasteiger partial charge in [0.25, 0.3) is 0 Å². The Morgan fingerprint density at radius 1 is 0.356 bits per heavy atom. The lowest BCUT2D eigenvalue weighted by Crippen LogP contribution is -2.09. The zero-order chi connectivity index (χ0) is 29.7. The lowest BCUT2D eigenvalue weighted by atomic mass is 10.0. The van der Waals surface area contributed by atoms with E-state index in [1.807, 2.05) is 0 Å². The topological polar surface area (TPSA) is 13.1 Å². The predicted octanol–water partition coefficient (Wildman–Crippen LogP) is 11.4. The summed E-state index contributed by atoms with van der Waals surface area (Å²) in [6.07, 6.45) is 2.18. The minimum atomic E-state index is 1.12. The molecule has 0 radical (unpaired) electrons. The number of para-hydroxylation sites is 4. The third kappa shape index (κ3) is 4.13. The highest BCUT2D eigenvalue weighted by Crippen LogP contribution is 2.39. The molecule has 0 N–H and O–H groups in total. The van der Waals surface area contributed by atoms with E-state index in [1.165, 1.54) is 49.2 Å². The molecule has 0 aliphatic heterocycles. The summed E-state index contributed by atoms with van der Waals surface area (Å²) < 4.78 is 4.68. The van der Waals surface area contributed by atoms with Crippen LogP contribution in [0.4, 0.5) is 17.1 Å². The highest BCUT2D eigenvalue weighted by molar-refractivity contribution is 6.18. The monoisotopic (exact) mass is 575 g/mol. The second-order valence-corrected chi connectivity index (χ2v) is 11.5. The van der Waals surface area contributed by atoms with Crippen LogP contribution in [0.2, 0.25) is 0 Å². The first-order chi connectivity index (χ1) is 22.3. The highest BCUT2D eigenvalue weighted by Gasteiger charge is 2.17. The number of hydrogen-bond acceptors (Lipinski definition) is 1. The quantitative estimate of drug-likeness (QED) is 0.199. The molecular formula is C42H29N3. The van der Waals surface area contributed by atoms with Crippen LogP contribution in [0.3, 0.4) is 0 Å². The molecule has 3 nitrogen and oxygen atoms in total. The Hall–Kier alpha value is -6.06. The van der Waals surface area contributed by atoms with Gasteiger partial charge in [0.2, 0.25) is 0 Å². The second kappa shape index (κ2) is 10.3. The van der Waals surface area contributed by atoms with Gasteiger partial charge < -0.3 is 14.0 Å². The van der Waals surface area contributed by atoms with E-state index in [9.17, 15) is 0 Å². The predicted molar refractivity (Wildman–Crippen MR) is 190 cm³/mol. The maximum atomic E-state index is 2.41. The fourth-order valence-electron chi connectivity index (χ4n) is 6.86. The van der Waals surface area contributed by atoms with Crippen molar-refractivity contribution < 1.29 is 0 Å². The largest absolute Gasteiger partial charge is 0.317 e. The minimum Gasteiger partial charge on any atom is -0.317 e. The Morgan fingerprint density at radius 3 is 1.67 bits per heavy atom. The maximum absolute atomic E-state index is 2.41. The van der Waals surface area contributed by atoms with Crippen LogP contribution in [0.1, 0.15) is 0 Å². The van der Waals surface area contributed by atoms with E-state index in [-0.39, 0.29) is 0 Å². The zero-order valence-corrected chi connectivity index (χ0v) is 24.6. The lowest BCUT2D eigenvalue weighted by molar-refractivity contribution is 1.13. The number of aromatic nitrogens is 2. The van der Waals surface area contributed by atoms with E-state index in [0.717, 1.165) is 22.7 Å². The van der Waals surface area contributed by atoms with E-state index < -0.39 is 0 Å². The van der Waals surface area contributed by atoms with Crippen molar-refractivity contribution in [3.63, 3.8) is 0 Å². The SMILES string of the molecule is c1ccc(N(c2ccccc2)c2ccc(-n3c4ccccc4c4cc5c(ccc6c5ccn6-c5ccccc5)cc43)cc2)cc1. The zero-order valence-electron chi connectivity index (χ0n) is 24.6. The summed E-state index contributed by atoms with van der Waals surface area (Å²) in [5.74, 6) is 0. The van der Waals surface area contributed by atoms with Crippen LogP contribution in [0.25, 0.3) is 54.9 Å². The van der Waals surface area contributed by atoms with Crippen LogP contribution in [0.15, 0.2) is 176 Å². The molecule has 2 heterocycles. The summed E-state index contributed by atoms with van der Waals surface area (Å²) in [5.41, 5.74) is 9.33. The first kappa shape index (κ1) is 25.4. The number of nitrogens with zero attached hydrogens (tertiary/aromatic N) is 3. The van der Waals surface area contributed by atoms with Crippen molar-refractivity contribution in [2.24, 2.45) is 0 Å². The Balaban J connectivity index is 1.21. The molecule has 3 heteroatoms. The number of hydrogen-bond donors (Lipinski definition) is 0. The Bertz CT molecular complexity index is 2420. The summed E-state index contributed by atoms with van der Waals surface area (Å²) in [6, 6.07) is 60.9. The molecule has 45 heavy (non-hydrogen) atoms. The van der Waals surface area contributed by atoms with Gasteiger partial charge in [-0.3, -0.25) is 0 Å². The molecule has 212 valence electrons. The molecule has 0 amide bonds. The number of fused-ring (bicyclic) bond motifs is 6. The third-order valence-electron chi connectivity index (χ3n) is 8.91. The van der Waals surface area contributed by atoms with Gasteiger partial charge in [-0.15, -0.1) is 0 Å². The first-order valence-corrected chi connectivity index (χ1v) is 15.4. The fraction of sp³-hybridized carbons (Fsp3) is 0. The van der Waals surface area contributed by atoms with Crippen LogP contribution < -0.4 is 4.90 Å². The van der Waals surface area contributed by atoms with E-state index in [2.05, 4.69) is 190 Å². The average Bonchev–Trinajstić information content (AvgIpc) is 3.69. The molecule has 9 aromatic rings. The maximum Gasteiger partial charge on any atom is 0.0547 e. The molecule has 0 aliphatic rings. The molecule has 0 fully saturated rings. The van der Waals surface area contributed by atoms with Gasteiger partial charge in [-0.25, -0.2) is 0 Å². The van der Waals surface area contributed by atoms with Crippen LogP contribution in [-0.2, 0) is 0 Å². The van der Waals surface area contributed by atoms with Gasteiger partial charge in [0.1, 0.15) is 0 Å². The van der Waals surface area contributed by atoms with Gasteiger partial charge in [-0.05, 0) is 102 Å². The second-order valence-electron chi connectivity index (χ2n) is 11.5. The summed E-state index contributed by atoms with van der Waals surface area (Å²) in [6.45, 7) is 0. The van der Waals surface area contributed by atoms with E-state index in [4.69, 9.17) is 0 Å². The van der Waals surface area contributed by atoms with Crippen molar-refractivity contribution >= 4 is 60.5 Å². The van der Waals surface area contributed by atoms with Gasteiger partial charge in [-0.1, -0.05) is 78.9 Å². The Morgan fingerprint density at radius 2 is 0.956 bits per heavy atom. The van der Waals surface area contributed by atoms with Crippen molar-refractivity contribution in [1.82, 2.24) is 9.13 Å². The third-order valence-corrected chi connectivity index (χ3v) is 8.91. The van der Waals surface area contributed by atoms with E-state index in [1.54, 1.807) is 0 Å². The van der Waals surface area contributed by atoms with Crippen molar-refractivity contribution in [1.29, 1.82) is 0 Å². The standard InChI is InChI=1S/C42H29N3/c1-4-12-31(13-5-1)43-27-26-37-38-29-39-36-18-10-11-19-41(36)45(42(39)28-30(38)20-25-40(37)43)35-23-21-34(22-24-35)44(32-14-6-2-7-15-32)33-16-8-3-9-17-33/h1-29H. The van der Waals surface area contributed by atoms with Crippen molar-refractivity contribution in [2.75, 3.05) is 4.90 Å². The van der Waals surface area contributed by atoms with Gasteiger partial charge in [0, 0.05) is 50.8 Å². The van der Waals surface area contributed by atoms with E-state index >= 15 is 0 Å². The molecule has 9 rings (SSSR count). The van der Waals surface area contributed by atoms with Gasteiger partial charge in [0.05, 0.1) is 16.6 Å². The van der Waals surface area contributed by atoms with Crippen molar-refractivity contribution in [3.05, 3.63) is 176 Å². The van der Waals surface area contributed by atoms with Gasteiger partial charge in [0.15, 0.2) is 0 Å². The highest BCUT2D eigenvalue weighted by atomic mass is 15.1. The normalized spacial score (nSPS) is 11.6. The fourth-order valence-corrected chi connectivity index (χ4v) is 6.86. The number of anilines is 3. The van der Waals surface area contributed by atoms with Crippen LogP contribution in [-0.4, -0.2) is 9.13 Å². The molecule has 7 aromatic carbocycles. The summed E-state index contributed by atoms with van der Waals surface area (Å²) in [4.78, 5) is 2.30. The molecule has 2 aromatic heterocycles. The summed E-state index contributed by atoms with van der Waals surface area (Å²) in [5, 5.41) is 6.29. The lowest BCUT2D eigenvalue weighted by Gasteiger charge is -2.25. The Labute approximate surface area is 261 Å². The molecule has 0 saturated heterocycles. The number of rotatable bonds is 5.